The van der Waals surface area contributed by atoms with E-state index in [0.717, 1.165) is 17.5 Å². The molecule has 1 aromatic heterocycles. The lowest BCUT2D eigenvalue weighted by atomic mass is 10.0. The molecule has 2 N–H and O–H groups in total. The SMILES string of the molecule is CCc1ccccc1-c1n[nH]nc1C(=O)O. The van der Waals surface area contributed by atoms with Crippen molar-refractivity contribution in [1.29, 1.82) is 0 Å². The van der Waals surface area contributed by atoms with E-state index in [0.29, 0.717) is 5.69 Å². The number of carboxylic acid groups (broad SMARTS) is 1. The van der Waals surface area contributed by atoms with E-state index in [2.05, 4.69) is 15.4 Å². The number of benzene rings is 1. The molecule has 0 aliphatic rings. The minimum absolute atomic E-state index is 0.0408. The first-order valence-electron chi connectivity index (χ1n) is 4.96. The molecule has 0 aliphatic carbocycles. The standard InChI is InChI=1S/C11H11N3O2/c1-2-7-5-3-4-6-8(7)9-10(11(15)16)13-14-12-9/h3-6H,2H2,1H3,(H,15,16)(H,12,13,14). The van der Waals surface area contributed by atoms with Gasteiger partial charge in [-0.3, -0.25) is 0 Å². The van der Waals surface area contributed by atoms with Crippen molar-refractivity contribution in [2.45, 2.75) is 13.3 Å². The molecule has 0 bridgehead atoms. The molecule has 16 heavy (non-hydrogen) atoms. The Bertz CT molecular complexity index is 519. The van der Waals surface area contributed by atoms with Crippen molar-refractivity contribution in [3.63, 3.8) is 0 Å². The Balaban J connectivity index is 2.58. The smallest absolute Gasteiger partial charge is 0.358 e. The zero-order valence-electron chi connectivity index (χ0n) is 8.77. The minimum Gasteiger partial charge on any atom is -0.476 e. The van der Waals surface area contributed by atoms with E-state index in [4.69, 9.17) is 5.11 Å². The van der Waals surface area contributed by atoms with E-state index in [1.54, 1.807) is 0 Å². The Morgan fingerprint density at radius 3 is 2.81 bits per heavy atom. The molecule has 1 aromatic carbocycles. The lowest BCUT2D eigenvalue weighted by molar-refractivity contribution is 0.0691. The molecule has 2 rings (SSSR count). The summed E-state index contributed by atoms with van der Waals surface area (Å²) in [6.07, 6.45) is 0.822. The van der Waals surface area contributed by atoms with Gasteiger partial charge in [-0.1, -0.05) is 31.2 Å². The maximum Gasteiger partial charge on any atom is 0.358 e. The van der Waals surface area contributed by atoms with Crippen molar-refractivity contribution in [2.24, 2.45) is 0 Å². The molecule has 0 atom stereocenters. The van der Waals surface area contributed by atoms with Crippen LogP contribution in [0.4, 0.5) is 0 Å². The third kappa shape index (κ3) is 1.67. The summed E-state index contributed by atoms with van der Waals surface area (Å²) in [6.45, 7) is 2.01. The van der Waals surface area contributed by atoms with Gasteiger partial charge < -0.3 is 5.11 Å². The Labute approximate surface area is 92.1 Å². The molecule has 0 saturated carbocycles. The summed E-state index contributed by atoms with van der Waals surface area (Å²) in [5, 5.41) is 18.8. The van der Waals surface area contributed by atoms with Crippen molar-refractivity contribution in [3.8, 4) is 11.3 Å². The van der Waals surface area contributed by atoms with E-state index in [1.165, 1.54) is 0 Å². The zero-order valence-corrected chi connectivity index (χ0v) is 8.77. The fraction of sp³-hybridized carbons (Fsp3) is 0.182. The molecule has 0 aliphatic heterocycles. The van der Waals surface area contributed by atoms with E-state index in [1.807, 2.05) is 31.2 Å². The van der Waals surface area contributed by atoms with E-state index in [-0.39, 0.29) is 5.69 Å². The molecule has 2 aromatic rings. The summed E-state index contributed by atoms with van der Waals surface area (Å²) >= 11 is 0. The monoisotopic (exact) mass is 217 g/mol. The zero-order chi connectivity index (χ0) is 11.5. The van der Waals surface area contributed by atoms with Crippen molar-refractivity contribution in [2.75, 3.05) is 0 Å². The highest BCUT2D eigenvalue weighted by molar-refractivity contribution is 5.92. The minimum atomic E-state index is -1.07. The Hall–Kier alpha value is -2.17. The predicted octanol–water partition coefficient (Wildman–Crippen LogP) is 1.73. The summed E-state index contributed by atoms with van der Waals surface area (Å²) in [4.78, 5) is 10.9. The van der Waals surface area contributed by atoms with Crippen LogP contribution in [-0.2, 0) is 6.42 Å². The molecule has 0 saturated heterocycles. The average Bonchev–Trinajstić information content (AvgIpc) is 2.77. The molecule has 0 radical (unpaired) electrons. The quantitative estimate of drug-likeness (QED) is 0.820. The molecule has 0 amide bonds. The van der Waals surface area contributed by atoms with Gasteiger partial charge in [0.1, 0.15) is 5.69 Å². The molecule has 0 spiro atoms. The third-order valence-electron chi connectivity index (χ3n) is 2.40. The molecular weight excluding hydrogens is 206 g/mol. The van der Waals surface area contributed by atoms with E-state index >= 15 is 0 Å². The van der Waals surface area contributed by atoms with Gasteiger partial charge in [-0.05, 0) is 12.0 Å². The van der Waals surface area contributed by atoms with Crippen LogP contribution in [0.1, 0.15) is 23.0 Å². The number of carbonyl (C=O) groups is 1. The van der Waals surface area contributed by atoms with Crippen molar-refractivity contribution >= 4 is 5.97 Å². The molecular formula is C11H11N3O2. The number of H-pyrrole nitrogens is 1. The number of nitrogens with zero attached hydrogens (tertiary/aromatic N) is 2. The summed E-state index contributed by atoms with van der Waals surface area (Å²) in [7, 11) is 0. The topological polar surface area (TPSA) is 78.9 Å². The Morgan fingerprint density at radius 2 is 2.12 bits per heavy atom. The van der Waals surface area contributed by atoms with Crippen LogP contribution in [-0.4, -0.2) is 26.5 Å². The molecule has 0 unspecified atom stereocenters. The molecule has 0 fully saturated rings. The maximum absolute atomic E-state index is 10.9. The van der Waals surface area contributed by atoms with Crippen LogP contribution in [0.15, 0.2) is 24.3 Å². The fourth-order valence-electron chi connectivity index (χ4n) is 1.63. The second-order valence-corrected chi connectivity index (χ2v) is 3.34. The molecule has 5 heteroatoms. The van der Waals surface area contributed by atoms with Gasteiger partial charge in [0.05, 0.1) is 0 Å². The molecule has 82 valence electrons. The van der Waals surface area contributed by atoms with Gasteiger partial charge in [0.15, 0.2) is 5.69 Å². The number of aromatic carboxylic acids is 1. The van der Waals surface area contributed by atoms with E-state index in [9.17, 15) is 4.79 Å². The van der Waals surface area contributed by atoms with Gasteiger partial charge in [-0.2, -0.15) is 10.3 Å². The number of hydrogen-bond acceptors (Lipinski definition) is 3. The highest BCUT2D eigenvalue weighted by Gasteiger charge is 2.18. The lowest BCUT2D eigenvalue weighted by Gasteiger charge is -2.04. The van der Waals surface area contributed by atoms with Crippen LogP contribution in [0.5, 0.6) is 0 Å². The normalized spacial score (nSPS) is 10.3. The van der Waals surface area contributed by atoms with Gasteiger partial charge in [-0.15, -0.1) is 5.10 Å². The van der Waals surface area contributed by atoms with Crippen LogP contribution in [0, 0.1) is 0 Å². The second-order valence-electron chi connectivity index (χ2n) is 3.34. The first kappa shape index (κ1) is 10.4. The first-order valence-corrected chi connectivity index (χ1v) is 4.96. The van der Waals surface area contributed by atoms with Crippen molar-refractivity contribution in [1.82, 2.24) is 15.4 Å². The maximum atomic E-state index is 10.9. The largest absolute Gasteiger partial charge is 0.476 e. The van der Waals surface area contributed by atoms with Crippen molar-refractivity contribution < 1.29 is 9.90 Å². The van der Waals surface area contributed by atoms with Gasteiger partial charge in [0.2, 0.25) is 0 Å². The number of hydrogen-bond donors (Lipinski definition) is 2. The molecule has 5 nitrogen and oxygen atoms in total. The van der Waals surface area contributed by atoms with Gasteiger partial charge in [-0.25, -0.2) is 4.79 Å². The summed E-state index contributed by atoms with van der Waals surface area (Å²) in [5.41, 5.74) is 2.22. The predicted molar refractivity (Wildman–Crippen MR) is 58.2 cm³/mol. The van der Waals surface area contributed by atoms with Crippen molar-refractivity contribution in [3.05, 3.63) is 35.5 Å². The number of aromatic nitrogens is 3. The lowest BCUT2D eigenvalue weighted by Crippen LogP contribution is -2.00. The van der Waals surface area contributed by atoms with Crippen LogP contribution in [0.3, 0.4) is 0 Å². The van der Waals surface area contributed by atoms with Gasteiger partial charge in [0.25, 0.3) is 0 Å². The number of rotatable bonds is 3. The number of nitrogens with one attached hydrogen (secondary N) is 1. The first-order chi connectivity index (χ1) is 7.74. The number of aromatic amines is 1. The number of aryl methyl sites for hydroxylation is 1. The van der Waals surface area contributed by atoms with Crippen LogP contribution >= 0.6 is 0 Å². The fourth-order valence-corrected chi connectivity index (χ4v) is 1.63. The Kier molecular flexibility index (Phi) is 2.68. The van der Waals surface area contributed by atoms with E-state index < -0.39 is 5.97 Å². The highest BCUT2D eigenvalue weighted by atomic mass is 16.4. The van der Waals surface area contributed by atoms with Gasteiger partial charge >= 0.3 is 5.97 Å². The summed E-state index contributed by atoms with van der Waals surface area (Å²) in [6, 6.07) is 7.58. The Morgan fingerprint density at radius 1 is 1.38 bits per heavy atom. The van der Waals surface area contributed by atoms with Crippen LogP contribution < -0.4 is 0 Å². The molecule has 1 heterocycles. The summed E-state index contributed by atoms with van der Waals surface area (Å²) < 4.78 is 0. The number of carboxylic acids is 1. The van der Waals surface area contributed by atoms with Crippen LogP contribution in [0.2, 0.25) is 0 Å². The summed E-state index contributed by atoms with van der Waals surface area (Å²) in [5.74, 6) is -1.07. The average molecular weight is 217 g/mol. The van der Waals surface area contributed by atoms with Gasteiger partial charge in [0, 0.05) is 5.56 Å². The van der Waals surface area contributed by atoms with Crippen LogP contribution in [0.25, 0.3) is 11.3 Å². The third-order valence-corrected chi connectivity index (χ3v) is 2.40. The second kappa shape index (κ2) is 4.14. The highest BCUT2D eigenvalue weighted by Crippen LogP contribution is 2.24.